The number of hydrogen-bond acceptors (Lipinski definition) is 3. The maximum atomic E-state index is 12.0. The number of nitrogens with zero attached hydrogens (tertiary/aromatic N) is 2. The SMILES string of the molecule is CCNS(=O)(=O)c1ccnn1-c1cccc(Cl)c1. The van der Waals surface area contributed by atoms with Crippen LogP contribution >= 0.6 is 11.6 Å². The van der Waals surface area contributed by atoms with E-state index in [1.807, 2.05) is 0 Å². The average Bonchev–Trinajstić information content (AvgIpc) is 2.78. The van der Waals surface area contributed by atoms with Gasteiger partial charge in [0.2, 0.25) is 0 Å². The molecule has 1 aromatic carbocycles. The Morgan fingerprint density at radius 1 is 1.39 bits per heavy atom. The van der Waals surface area contributed by atoms with Crippen molar-refractivity contribution >= 4 is 21.6 Å². The molecule has 5 nitrogen and oxygen atoms in total. The predicted octanol–water partition coefficient (Wildman–Crippen LogP) is 1.82. The summed E-state index contributed by atoms with van der Waals surface area (Å²) in [6.45, 7) is 2.04. The Kier molecular flexibility index (Phi) is 3.70. The minimum absolute atomic E-state index is 0.0895. The second-order valence-corrected chi connectivity index (χ2v) is 5.71. The Labute approximate surface area is 110 Å². The normalized spacial score (nSPS) is 11.7. The third-order valence-corrected chi connectivity index (χ3v) is 4.03. The molecule has 1 aromatic heterocycles. The van der Waals surface area contributed by atoms with E-state index < -0.39 is 10.0 Å². The predicted molar refractivity (Wildman–Crippen MR) is 69.4 cm³/mol. The van der Waals surface area contributed by atoms with Gasteiger partial charge in [0, 0.05) is 11.6 Å². The first-order chi connectivity index (χ1) is 8.54. The second kappa shape index (κ2) is 5.09. The van der Waals surface area contributed by atoms with Gasteiger partial charge in [-0.3, -0.25) is 0 Å². The third kappa shape index (κ3) is 2.55. The lowest BCUT2D eigenvalue weighted by Gasteiger charge is -2.08. The smallest absolute Gasteiger partial charge is 0.221 e. The van der Waals surface area contributed by atoms with E-state index in [2.05, 4.69) is 9.82 Å². The number of aromatic nitrogens is 2. The van der Waals surface area contributed by atoms with E-state index in [-0.39, 0.29) is 5.03 Å². The van der Waals surface area contributed by atoms with Crippen LogP contribution in [0.5, 0.6) is 0 Å². The summed E-state index contributed by atoms with van der Waals surface area (Å²) < 4.78 is 27.7. The highest BCUT2D eigenvalue weighted by atomic mass is 35.5. The van der Waals surface area contributed by atoms with Crippen molar-refractivity contribution < 1.29 is 8.42 Å². The topological polar surface area (TPSA) is 64.0 Å². The van der Waals surface area contributed by atoms with Crippen molar-refractivity contribution in [1.82, 2.24) is 14.5 Å². The highest BCUT2D eigenvalue weighted by molar-refractivity contribution is 7.89. The van der Waals surface area contributed by atoms with E-state index >= 15 is 0 Å². The van der Waals surface area contributed by atoms with E-state index in [1.54, 1.807) is 31.2 Å². The van der Waals surface area contributed by atoms with Crippen LogP contribution in [0.15, 0.2) is 41.6 Å². The van der Waals surface area contributed by atoms with Gasteiger partial charge in [-0.2, -0.15) is 5.10 Å². The van der Waals surface area contributed by atoms with Crippen LogP contribution in [0.4, 0.5) is 0 Å². The molecule has 0 aliphatic rings. The zero-order chi connectivity index (χ0) is 13.2. The monoisotopic (exact) mass is 285 g/mol. The lowest BCUT2D eigenvalue weighted by atomic mass is 10.3. The van der Waals surface area contributed by atoms with Crippen LogP contribution in [0.1, 0.15) is 6.92 Å². The van der Waals surface area contributed by atoms with Crippen molar-refractivity contribution in [3.05, 3.63) is 41.6 Å². The van der Waals surface area contributed by atoms with Gasteiger partial charge in [-0.05, 0) is 24.3 Å². The summed E-state index contributed by atoms with van der Waals surface area (Å²) in [5, 5.41) is 4.63. The molecule has 7 heteroatoms. The van der Waals surface area contributed by atoms with Gasteiger partial charge in [0.1, 0.15) is 0 Å². The molecule has 18 heavy (non-hydrogen) atoms. The lowest BCUT2D eigenvalue weighted by Crippen LogP contribution is -2.25. The van der Waals surface area contributed by atoms with Gasteiger partial charge in [0.25, 0.3) is 10.0 Å². The number of halogens is 1. The van der Waals surface area contributed by atoms with Crippen LogP contribution < -0.4 is 4.72 Å². The summed E-state index contributed by atoms with van der Waals surface area (Å²) in [7, 11) is -3.55. The minimum atomic E-state index is -3.55. The van der Waals surface area contributed by atoms with Gasteiger partial charge >= 0.3 is 0 Å². The van der Waals surface area contributed by atoms with Gasteiger partial charge in [0.05, 0.1) is 11.9 Å². The molecule has 0 bridgehead atoms. The zero-order valence-electron chi connectivity index (χ0n) is 9.67. The number of rotatable bonds is 4. The fraction of sp³-hybridized carbons (Fsp3) is 0.182. The molecule has 0 atom stereocenters. The third-order valence-electron chi connectivity index (χ3n) is 2.27. The first kappa shape index (κ1) is 13.1. The van der Waals surface area contributed by atoms with Crippen LogP contribution in [0.25, 0.3) is 5.69 Å². The molecule has 0 aliphatic carbocycles. The van der Waals surface area contributed by atoms with E-state index in [0.717, 1.165) is 0 Å². The second-order valence-electron chi connectivity index (χ2n) is 3.56. The lowest BCUT2D eigenvalue weighted by molar-refractivity contribution is 0.573. The molecule has 96 valence electrons. The summed E-state index contributed by atoms with van der Waals surface area (Å²) in [5.41, 5.74) is 0.601. The van der Waals surface area contributed by atoms with Crippen molar-refractivity contribution in [2.75, 3.05) is 6.54 Å². The van der Waals surface area contributed by atoms with Crippen LogP contribution in [0.2, 0.25) is 5.02 Å². The molecule has 0 fully saturated rings. The van der Waals surface area contributed by atoms with Crippen LogP contribution in [0.3, 0.4) is 0 Å². The summed E-state index contributed by atoms with van der Waals surface area (Å²) in [4.78, 5) is 0. The fourth-order valence-electron chi connectivity index (χ4n) is 1.56. The zero-order valence-corrected chi connectivity index (χ0v) is 11.2. The molecule has 1 heterocycles. The maximum absolute atomic E-state index is 12.0. The quantitative estimate of drug-likeness (QED) is 0.932. The molecule has 2 rings (SSSR count). The minimum Gasteiger partial charge on any atom is -0.221 e. The Morgan fingerprint density at radius 2 is 2.17 bits per heavy atom. The first-order valence-electron chi connectivity index (χ1n) is 5.34. The molecule has 1 N–H and O–H groups in total. The molecule has 0 saturated heterocycles. The molecule has 0 unspecified atom stereocenters. The van der Waals surface area contributed by atoms with Gasteiger partial charge in [0.15, 0.2) is 5.03 Å². The number of sulfonamides is 1. The standard InChI is InChI=1S/C11H12ClN3O2S/c1-2-14-18(16,17)11-6-7-13-15(11)10-5-3-4-9(12)8-10/h3-8,14H,2H2,1H3. The van der Waals surface area contributed by atoms with Crippen LogP contribution in [-0.2, 0) is 10.0 Å². The fourth-order valence-corrected chi connectivity index (χ4v) is 2.89. The number of benzene rings is 1. The van der Waals surface area contributed by atoms with Crippen LogP contribution in [-0.4, -0.2) is 24.7 Å². The highest BCUT2D eigenvalue weighted by Crippen LogP contribution is 2.18. The van der Waals surface area contributed by atoms with Gasteiger partial charge in [-0.1, -0.05) is 24.6 Å². The number of nitrogens with one attached hydrogen (secondary N) is 1. The molecule has 2 aromatic rings. The molecule has 0 spiro atoms. The summed E-state index contributed by atoms with van der Waals surface area (Å²) >= 11 is 5.88. The Bertz CT molecular complexity index is 652. The van der Waals surface area contributed by atoms with E-state index in [4.69, 9.17) is 11.6 Å². The van der Waals surface area contributed by atoms with Gasteiger partial charge in [-0.25, -0.2) is 17.8 Å². The molecule has 0 saturated carbocycles. The summed E-state index contributed by atoms with van der Waals surface area (Å²) in [6, 6.07) is 8.29. The van der Waals surface area contributed by atoms with Crippen molar-refractivity contribution in [3.8, 4) is 5.69 Å². The van der Waals surface area contributed by atoms with E-state index in [9.17, 15) is 8.42 Å². The molecule has 0 radical (unpaired) electrons. The molecular formula is C11H12ClN3O2S. The summed E-state index contributed by atoms with van der Waals surface area (Å²) in [5.74, 6) is 0. The van der Waals surface area contributed by atoms with Crippen molar-refractivity contribution in [1.29, 1.82) is 0 Å². The first-order valence-corrected chi connectivity index (χ1v) is 7.20. The average molecular weight is 286 g/mol. The Hall–Kier alpha value is -1.37. The Balaban J connectivity index is 2.52. The van der Waals surface area contributed by atoms with E-state index in [1.165, 1.54) is 16.9 Å². The Morgan fingerprint density at radius 3 is 2.83 bits per heavy atom. The molecule has 0 amide bonds. The molecule has 0 aliphatic heterocycles. The highest BCUT2D eigenvalue weighted by Gasteiger charge is 2.19. The molecular weight excluding hydrogens is 274 g/mol. The largest absolute Gasteiger partial charge is 0.258 e. The van der Waals surface area contributed by atoms with Crippen molar-refractivity contribution in [3.63, 3.8) is 0 Å². The van der Waals surface area contributed by atoms with Crippen molar-refractivity contribution in [2.45, 2.75) is 11.9 Å². The van der Waals surface area contributed by atoms with E-state index in [0.29, 0.717) is 17.3 Å². The van der Waals surface area contributed by atoms with Gasteiger partial charge in [-0.15, -0.1) is 0 Å². The van der Waals surface area contributed by atoms with Gasteiger partial charge < -0.3 is 0 Å². The van der Waals surface area contributed by atoms with Crippen molar-refractivity contribution in [2.24, 2.45) is 0 Å². The summed E-state index contributed by atoms with van der Waals surface area (Å²) in [6.07, 6.45) is 1.44. The van der Waals surface area contributed by atoms with Crippen LogP contribution in [0, 0.1) is 0 Å². The number of hydrogen-bond donors (Lipinski definition) is 1. The maximum Gasteiger partial charge on any atom is 0.258 e.